The fraction of sp³-hybridized carbons (Fsp3) is 1.00. The van der Waals surface area contributed by atoms with E-state index < -0.39 is 18.3 Å². The van der Waals surface area contributed by atoms with E-state index in [2.05, 4.69) is 0 Å². The van der Waals surface area contributed by atoms with Crippen molar-refractivity contribution >= 4 is 0 Å². The first-order valence-corrected chi connectivity index (χ1v) is 2.76. The van der Waals surface area contributed by atoms with Gasteiger partial charge in [-0.3, -0.25) is 0 Å². The average Bonchev–Trinajstić information content (AvgIpc) is 1.98. The summed E-state index contributed by atoms with van der Waals surface area (Å²) in [7, 11) is 0. The molecule has 0 spiro atoms. The second-order valence-electron chi connectivity index (χ2n) is 2.20. The van der Waals surface area contributed by atoms with Gasteiger partial charge in [-0.05, 0) is 12.8 Å². The van der Waals surface area contributed by atoms with Gasteiger partial charge in [-0.15, -0.1) is 0 Å². The minimum Gasteiger partial charge on any atom is -0.390 e. The average molecular weight is 118 g/mol. The molecule has 1 rings (SSSR count). The molecule has 0 amide bonds. The maximum Gasteiger partial charge on any atom is 0.106 e. The van der Waals surface area contributed by atoms with Gasteiger partial charge in [0.15, 0.2) is 0 Å². The Labute approximate surface area is 47.6 Å². The Morgan fingerprint density at radius 2 is 1.25 bits per heavy atom. The van der Waals surface area contributed by atoms with E-state index in [1.54, 1.807) is 0 Å². The Kier molecular flexibility index (Phi) is 1.51. The Balaban J connectivity index is 2.44. The first-order chi connectivity index (χ1) is 3.72. The summed E-state index contributed by atoms with van der Waals surface area (Å²) in [6.45, 7) is 0. The van der Waals surface area contributed by atoms with E-state index in [0.717, 1.165) is 0 Å². The fourth-order valence-corrected chi connectivity index (χ4v) is 0.939. The van der Waals surface area contributed by atoms with Gasteiger partial charge in [-0.1, -0.05) is 0 Å². The van der Waals surface area contributed by atoms with Crippen LogP contribution in [0.4, 0.5) is 0 Å². The molecule has 0 saturated heterocycles. The molecule has 0 heterocycles. The smallest absolute Gasteiger partial charge is 0.106 e. The van der Waals surface area contributed by atoms with E-state index in [9.17, 15) is 0 Å². The summed E-state index contributed by atoms with van der Waals surface area (Å²) < 4.78 is 0. The lowest BCUT2D eigenvalue weighted by atomic mass is 10.2. The van der Waals surface area contributed by atoms with Gasteiger partial charge < -0.3 is 15.3 Å². The Bertz CT molecular complexity index is 73.7. The number of hydrogen-bond acceptors (Lipinski definition) is 3. The summed E-state index contributed by atoms with van der Waals surface area (Å²) in [6, 6.07) is 0. The summed E-state index contributed by atoms with van der Waals surface area (Å²) in [4.78, 5) is 0. The molecule has 2 atom stereocenters. The zero-order valence-corrected chi connectivity index (χ0v) is 4.49. The molecular weight excluding hydrogens is 108 g/mol. The largest absolute Gasteiger partial charge is 0.390 e. The van der Waals surface area contributed by atoms with E-state index >= 15 is 0 Å². The van der Waals surface area contributed by atoms with Gasteiger partial charge >= 0.3 is 0 Å². The van der Waals surface area contributed by atoms with Crippen LogP contribution in [0.25, 0.3) is 0 Å². The van der Waals surface area contributed by atoms with Crippen molar-refractivity contribution in [1.29, 1.82) is 0 Å². The van der Waals surface area contributed by atoms with Gasteiger partial charge in [-0.2, -0.15) is 0 Å². The maximum absolute atomic E-state index is 8.77. The van der Waals surface area contributed by atoms with E-state index in [4.69, 9.17) is 15.3 Å². The van der Waals surface area contributed by atoms with Crippen LogP contribution >= 0.6 is 0 Å². The molecule has 3 nitrogen and oxygen atoms in total. The zero-order valence-electron chi connectivity index (χ0n) is 4.49. The van der Waals surface area contributed by atoms with Gasteiger partial charge in [0, 0.05) is 0 Å². The maximum atomic E-state index is 8.77. The minimum atomic E-state index is -0.907. The number of aliphatic hydroxyl groups is 3. The lowest BCUT2D eigenvalue weighted by Gasteiger charge is -2.08. The molecule has 48 valence electrons. The van der Waals surface area contributed by atoms with Crippen LogP contribution in [0, 0.1) is 0 Å². The second kappa shape index (κ2) is 2.01. The number of hydrogen-bond donors (Lipinski definition) is 3. The van der Waals surface area contributed by atoms with Crippen molar-refractivity contribution in [2.24, 2.45) is 0 Å². The number of rotatable bonds is 0. The Morgan fingerprint density at radius 3 is 1.38 bits per heavy atom. The standard InChI is InChI=1S/C5H10O3/c6-3-1-2-4(7)5(3)8/h3-8H,1-2H2. The highest BCUT2D eigenvalue weighted by atomic mass is 16.4. The van der Waals surface area contributed by atoms with E-state index in [1.807, 2.05) is 0 Å². The quantitative estimate of drug-likeness (QED) is 0.377. The molecule has 0 aromatic carbocycles. The molecule has 1 saturated carbocycles. The van der Waals surface area contributed by atoms with Crippen LogP contribution < -0.4 is 0 Å². The summed E-state index contributed by atoms with van der Waals surface area (Å²) in [5, 5.41) is 26.3. The summed E-state index contributed by atoms with van der Waals surface area (Å²) >= 11 is 0. The molecule has 0 radical (unpaired) electrons. The third kappa shape index (κ3) is 0.844. The first kappa shape index (κ1) is 6.01. The molecule has 0 bridgehead atoms. The monoisotopic (exact) mass is 118 g/mol. The van der Waals surface area contributed by atoms with Crippen molar-refractivity contribution in [3.8, 4) is 0 Å². The van der Waals surface area contributed by atoms with Gasteiger partial charge in [0.25, 0.3) is 0 Å². The van der Waals surface area contributed by atoms with E-state index in [-0.39, 0.29) is 0 Å². The summed E-state index contributed by atoms with van der Waals surface area (Å²) in [5.74, 6) is 0. The highest BCUT2D eigenvalue weighted by molar-refractivity contribution is 4.83. The van der Waals surface area contributed by atoms with Gasteiger partial charge in [0.05, 0.1) is 12.2 Å². The Morgan fingerprint density at radius 1 is 0.875 bits per heavy atom. The molecule has 0 aliphatic heterocycles. The minimum absolute atomic E-state index is 0.516. The zero-order chi connectivity index (χ0) is 6.15. The molecule has 2 unspecified atom stereocenters. The highest BCUT2D eigenvalue weighted by Gasteiger charge is 2.31. The van der Waals surface area contributed by atoms with Gasteiger partial charge in [0.1, 0.15) is 6.10 Å². The fourth-order valence-electron chi connectivity index (χ4n) is 0.939. The predicted molar refractivity (Wildman–Crippen MR) is 27.3 cm³/mol. The Hall–Kier alpha value is -0.120. The van der Waals surface area contributed by atoms with Crippen LogP contribution in [-0.2, 0) is 0 Å². The summed E-state index contributed by atoms with van der Waals surface area (Å²) in [5.41, 5.74) is 0. The van der Waals surface area contributed by atoms with Crippen LogP contribution in [0.5, 0.6) is 0 Å². The third-order valence-corrected chi connectivity index (χ3v) is 1.55. The van der Waals surface area contributed by atoms with Crippen molar-refractivity contribution in [2.75, 3.05) is 0 Å². The molecule has 8 heavy (non-hydrogen) atoms. The molecule has 1 aliphatic rings. The molecule has 1 aliphatic carbocycles. The first-order valence-electron chi connectivity index (χ1n) is 2.76. The van der Waals surface area contributed by atoms with E-state index in [1.165, 1.54) is 0 Å². The number of aliphatic hydroxyl groups excluding tert-OH is 3. The molecule has 0 aromatic heterocycles. The highest BCUT2D eigenvalue weighted by Crippen LogP contribution is 2.18. The molecule has 3 heteroatoms. The van der Waals surface area contributed by atoms with Crippen molar-refractivity contribution in [1.82, 2.24) is 0 Å². The van der Waals surface area contributed by atoms with Gasteiger partial charge in [0.2, 0.25) is 0 Å². The normalized spacial score (nSPS) is 47.6. The third-order valence-electron chi connectivity index (χ3n) is 1.55. The molecule has 3 N–H and O–H groups in total. The second-order valence-corrected chi connectivity index (χ2v) is 2.20. The van der Waals surface area contributed by atoms with Gasteiger partial charge in [-0.25, -0.2) is 0 Å². The topological polar surface area (TPSA) is 60.7 Å². The van der Waals surface area contributed by atoms with Crippen molar-refractivity contribution in [2.45, 2.75) is 31.2 Å². The van der Waals surface area contributed by atoms with Crippen LogP contribution in [0.2, 0.25) is 0 Å². The molecule has 1 fully saturated rings. The lowest BCUT2D eigenvalue weighted by molar-refractivity contribution is -0.0182. The van der Waals surface area contributed by atoms with Crippen LogP contribution in [-0.4, -0.2) is 33.6 Å². The van der Waals surface area contributed by atoms with Crippen LogP contribution in [0.3, 0.4) is 0 Å². The molecular formula is C5H10O3. The lowest BCUT2D eigenvalue weighted by Crippen LogP contribution is -2.28. The molecule has 0 aromatic rings. The van der Waals surface area contributed by atoms with Crippen LogP contribution in [0.15, 0.2) is 0 Å². The van der Waals surface area contributed by atoms with Crippen molar-refractivity contribution in [3.05, 3.63) is 0 Å². The van der Waals surface area contributed by atoms with Crippen molar-refractivity contribution in [3.63, 3.8) is 0 Å². The summed E-state index contributed by atoms with van der Waals surface area (Å²) in [6.07, 6.45) is -1.28. The SMILES string of the molecule is OC1CCC(O)C1O. The van der Waals surface area contributed by atoms with Crippen molar-refractivity contribution < 1.29 is 15.3 Å². The predicted octanol–water partition coefficient (Wildman–Crippen LogP) is -1.14. The van der Waals surface area contributed by atoms with E-state index in [0.29, 0.717) is 12.8 Å². The van der Waals surface area contributed by atoms with Crippen LogP contribution in [0.1, 0.15) is 12.8 Å².